The molecule has 158 valence electrons. The normalized spacial score (nSPS) is 11.8. The zero-order valence-corrected chi connectivity index (χ0v) is 18.7. The molecular formula is C19H25N3O5S2. The Kier molecular flexibility index (Phi) is 7.02. The summed E-state index contributed by atoms with van der Waals surface area (Å²) < 4.78 is 28.3. The molecule has 0 aliphatic rings. The van der Waals surface area contributed by atoms with Crippen molar-refractivity contribution in [3.05, 3.63) is 30.0 Å². The minimum Gasteiger partial charge on any atom is -0.460 e. The van der Waals surface area contributed by atoms with Gasteiger partial charge in [-0.15, -0.1) is 0 Å². The first kappa shape index (κ1) is 22.8. The molecule has 2 N–H and O–H groups in total. The van der Waals surface area contributed by atoms with E-state index in [4.69, 9.17) is 4.74 Å². The highest BCUT2D eigenvalue weighted by molar-refractivity contribution is 7.90. The number of benzene rings is 1. The highest BCUT2D eigenvalue weighted by atomic mass is 32.2. The first-order chi connectivity index (χ1) is 13.3. The SMILES string of the molecule is Cc1nc(NC(=O)NCCC(=O)OC(C)(C)C)sc1-c1ccc(S(C)(=O)=O)cc1. The largest absolute Gasteiger partial charge is 0.460 e. The van der Waals surface area contributed by atoms with Crippen LogP contribution in [0, 0.1) is 6.92 Å². The van der Waals surface area contributed by atoms with E-state index in [0.29, 0.717) is 10.8 Å². The molecule has 1 aromatic heterocycles. The van der Waals surface area contributed by atoms with E-state index in [1.165, 1.54) is 11.3 Å². The predicted molar refractivity (Wildman–Crippen MR) is 113 cm³/mol. The number of sulfone groups is 1. The van der Waals surface area contributed by atoms with Crippen LogP contribution in [0.25, 0.3) is 10.4 Å². The molecule has 0 spiro atoms. The molecule has 0 fully saturated rings. The van der Waals surface area contributed by atoms with Gasteiger partial charge in [-0.25, -0.2) is 18.2 Å². The van der Waals surface area contributed by atoms with Crippen molar-refractivity contribution in [3.8, 4) is 10.4 Å². The molecule has 2 aromatic rings. The minimum absolute atomic E-state index is 0.0690. The zero-order valence-electron chi connectivity index (χ0n) is 17.0. The van der Waals surface area contributed by atoms with Crippen LogP contribution in [0.15, 0.2) is 29.2 Å². The Bertz CT molecular complexity index is 990. The van der Waals surface area contributed by atoms with Crippen molar-refractivity contribution in [2.24, 2.45) is 0 Å². The van der Waals surface area contributed by atoms with E-state index in [1.54, 1.807) is 45.0 Å². The van der Waals surface area contributed by atoms with Gasteiger partial charge in [-0.05, 0) is 45.4 Å². The van der Waals surface area contributed by atoms with Crippen LogP contribution in [-0.2, 0) is 19.4 Å². The van der Waals surface area contributed by atoms with Crippen LogP contribution >= 0.6 is 11.3 Å². The summed E-state index contributed by atoms with van der Waals surface area (Å²) in [6.07, 6.45) is 1.23. The number of aryl methyl sites for hydroxylation is 1. The van der Waals surface area contributed by atoms with Crippen molar-refractivity contribution in [1.82, 2.24) is 10.3 Å². The summed E-state index contributed by atoms with van der Waals surface area (Å²) in [6.45, 7) is 7.29. The Hall–Kier alpha value is -2.46. The van der Waals surface area contributed by atoms with E-state index in [0.717, 1.165) is 16.7 Å². The van der Waals surface area contributed by atoms with Gasteiger partial charge in [0.25, 0.3) is 0 Å². The molecule has 0 radical (unpaired) electrons. The van der Waals surface area contributed by atoms with Crippen molar-refractivity contribution in [3.63, 3.8) is 0 Å². The second-order valence-electron chi connectivity index (χ2n) is 7.45. The van der Waals surface area contributed by atoms with Crippen molar-refractivity contribution in [2.75, 3.05) is 18.1 Å². The van der Waals surface area contributed by atoms with Crippen molar-refractivity contribution in [2.45, 2.75) is 44.6 Å². The van der Waals surface area contributed by atoms with Crippen LogP contribution < -0.4 is 10.6 Å². The molecule has 10 heteroatoms. The summed E-state index contributed by atoms with van der Waals surface area (Å²) in [5.41, 5.74) is 0.963. The van der Waals surface area contributed by atoms with Gasteiger partial charge in [0.1, 0.15) is 5.60 Å². The van der Waals surface area contributed by atoms with Crippen LogP contribution in [-0.4, -0.2) is 43.8 Å². The van der Waals surface area contributed by atoms with E-state index in [1.807, 2.05) is 6.92 Å². The number of anilines is 1. The molecule has 0 aliphatic carbocycles. The molecule has 0 saturated heterocycles. The number of rotatable bonds is 6. The van der Waals surface area contributed by atoms with Gasteiger partial charge >= 0.3 is 12.0 Å². The standard InChI is InChI=1S/C19H25N3O5S2/c1-12-16(13-6-8-14(9-7-13)29(5,25)26)28-18(21-12)22-17(24)20-11-10-15(23)27-19(2,3)4/h6-9H,10-11H2,1-5H3,(H2,20,21,22,24). The summed E-state index contributed by atoms with van der Waals surface area (Å²) in [7, 11) is -3.26. The van der Waals surface area contributed by atoms with Crippen molar-refractivity contribution < 1.29 is 22.7 Å². The maximum Gasteiger partial charge on any atom is 0.321 e. The second kappa shape index (κ2) is 8.91. The fraction of sp³-hybridized carbons (Fsp3) is 0.421. The molecule has 2 amide bonds. The highest BCUT2D eigenvalue weighted by Crippen LogP contribution is 2.33. The number of hydrogen-bond donors (Lipinski definition) is 2. The Morgan fingerprint density at radius 2 is 1.79 bits per heavy atom. The lowest BCUT2D eigenvalue weighted by Crippen LogP contribution is -2.32. The molecule has 0 unspecified atom stereocenters. The number of aromatic nitrogens is 1. The van der Waals surface area contributed by atoms with Crippen LogP contribution in [0.2, 0.25) is 0 Å². The van der Waals surface area contributed by atoms with Gasteiger partial charge in [-0.3, -0.25) is 10.1 Å². The summed E-state index contributed by atoms with van der Waals surface area (Å²) in [4.78, 5) is 29.1. The number of ether oxygens (including phenoxy) is 1. The van der Waals surface area contributed by atoms with Crippen molar-refractivity contribution >= 4 is 38.3 Å². The molecule has 1 aromatic carbocycles. The topological polar surface area (TPSA) is 114 Å². The number of carbonyl (C=O) groups is 2. The third kappa shape index (κ3) is 7.13. The number of urea groups is 1. The van der Waals surface area contributed by atoms with E-state index in [-0.39, 0.29) is 23.8 Å². The van der Waals surface area contributed by atoms with Gasteiger partial charge in [0.05, 0.1) is 21.9 Å². The lowest BCUT2D eigenvalue weighted by molar-refractivity contribution is -0.154. The second-order valence-corrected chi connectivity index (χ2v) is 10.5. The van der Waals surface area contributed by atoms with E-state index in [9.17, 15) is 18.0 Å². The lowest BCUT2D eigenvalue weighted by Gasteiger charge is -2.19. The molecule has 2 rings (SSSR count). The summed E-state index contributed by atoms with van der Waals surface area (Å²) in [6, 6.07) is 6.03. The van der Waals surface area contributed by atoms with E-state index < -0.39 is 21.5 Å². The number of carbonyl (C=O) groups excluding carboxylic acids is 2. The minimum atomic E-state index is -3.26. The first-order valence-corrected chi connectivity index (χ1v) is 11.6. The third-order valence-corrected chi connectivity index (χ3v) is 5.85. The number of amides is 2. The summed E-state index contributed by atoms with van der Waals surface area (Å²) in [5, 5.41) is 5.63. The van der Waals surface area contributed by atoms with Crippen molar-refractivity contribution in [1.29, 1.82) is 0 Å². The fourth-order valence-electron chi connectivity index (χ4n) is 2.38. The molecule has 29 heavy (non-hydrogen) atoms. The smallest absolute Gasteiger partial charge is 0.321 e. The number of nitrogens with one attached hydrogen (secondary N) is 2. The van der Waals surface area contributed by atoms with Gasteiger partial charge < -0.3 is 10.1 Å². The van der Waals surface area contributed by atoms with E-state index >= 15 is 0 Å². The molecule has 0 saturated carbocycles. The first-order valence-electron chi connectivity index (χ1n) is 8.90. The molecular weight excluding hydrogens is 414 g/mol. The van der Waals surface area contributed by atoms with Gasteiger partial charge in [0.2, 0.25) is 0 Å². The third-order valence-electron chi connectivity index (χ3n) is 3.60. The maximum atomic E-state index is 12.0. The Morgan fingerprint density at radius 3 is 2.34 bits per heavy atom. The summed E-state index contributed by atoms with van der Waals surface area (Å²) in [5.74, 6) is -0.386. The number of thiazole rings is 1. The fourth-order valence-corrected chi connectivity index (χ4v) is 3.98. The lowest BCUT2D eigenvalue weighted by atomic mass is 10.2. The number of nitrogens with zero attached hydrogens (tertiary/aromatic N) is 1. The molecule has 0 bridgehead atoms. The predicted octanol–water partition coefficient (Wildman–Crippen LogP) is 3.38. The monoisotopic (exact) mass is 439 g/mol. The molecule has 0 aliphatic heterocycles. The maximum absolute atomic E-state index is 12.0. The Morgan fingerprint density at radius 1 is 1.17 bits per heavy atom. The average Bonchev–Trinajstić information content (AvgIpc) is 2.92. The Labute approximate surface area is 174 Å². The number of esters is 1. The average molecular weight is 440 g/mol. The van der Waals surface area contributed by atoms with E-state index in [2.05, 4.69) is 15.6 Å². The van der Waals surface area contributed by atoms with Gasteiger partial charge in [-0.1, -0.05) is 23.5 Å². The van der Waals surface area contributed by atoms with Gasteiger partial charge in [0, 0.05) is 12.8 Å². The molecule has 1 heterocycles. The zero-order chi connectivity index (χ0) is 21.8. The van der Waals surface area contributed by atoms with Crippen LogP contribution in [0.3, 0.4) is 0 Å². The van der Waals surface area contributed by atoms with Gasteiger partial charge in [-0.2, -0.15) is 0 Å². The molecule has 8 nitrogen and oxygen atoms in total. The van der Waals surface area contributed by atoms with Crippen LogP contribution in [0.5, 0.6) is 0 Å². The van der Waals surface area contributed by atoms with Crippen LogP contribution in [0.1, 0.15) is 32.9 Å². The Balaban J connectivity index is 1.95. The quantitative estimate of drug-likeness (QED) is 0.667. The van der Waals surface area contributed by atoms with Gasteiger partial charge in [0.15, 0.2) is 15.0 Å². The summed E-state index contributed by atoms with van der Waals surface area (Å²) >= 11 is 1.28. The molecule has 0 atom stereocenters. The van der Waals surface area contributed by atoms with Crippen LogP contribution in [0.4, 0.5) is 9.93 Å². The highest BCUT2D eigenvalue weighted by Gasteiger charge is 2.17. The number of hydrogen-bond acceptors (Lipinski definition) is 7.